The zero-order valence-corrected chi connectivity index (χ0v) is 24.9. The molecule has 2 aromatic rings. The Labute approximate surface area is 238 Å². The van der Waals surface area contributed by atoms with Crippen LogP contribution in [0.3, 0.4) is 0 Å². The van der Waals surface area contributed by atoms with Gasteiger partial charge in [-0.25, -0.2) is 0 Å². The summed E-state index contributed by atoms with van der Waals surface area (Å²) in [7, 11) is 0. The Kier molecular flexibility index (Phi) is 9.10. The van der Waals surface area contributed by atoms with Crippen molar-refractivity contribution in [3.05, 3.63) is 46.6 Å². The predicted octanol–water partition coefficient (Wildman–Crippen LogP) is 8.22. The second kappa shape index (κ2) is 11.3. The van der Waals surface area contributed by atoms with Gasteiger partial charge in [-0.15, -0.1) is 0 Å². The average molecular weight is 589 g/mol. The molecule has 0 spiro atoms. The summed E-state index contributed by atoms with van der Waals surface area (Å²) in [6.45, 7) is 12.7. The molecule has 1 aliphatic rings. The molecule has 41 heavy (non-hydrogen) atoms. The van der Waals surface area contributed by atoms with Gasteiger partial charge >= 0.3 is 12.4 Å². The molecule has 4 nitrogen and oxygen atoms in total. The van der Waals surface area contributed by atoms with E-state index < -0.39 is 30.4 Å². The molecule has 1 aromatic carbocycles. The normalized spacial score (nSPS) is 16.2. The second-order valence-electron chi connectivity index (χ2n) is 13.5. The first-order valence-corrected chi connectivity index (χ1v) is 14.1. The van der Waals surface area contributed by atoms with Gasteiger partial charge in [0.1, 0.15) is 0 Å². The van der Waals surface area contributed by atoms with Crippen molar-refractivity contribution >= 4 is 5.91 Å². The van der Waals surface area contributed by atoms with E-state index in [2.05, 4.69) is 47.6 Å². The van der Waals surface area contributed by atoms with Gasteiger partial charge in [0.25, 0.3) is 11.5 Å². The number of benzene rings is 1. The quantitative estimate of drug-likeness (QED) is 0.334. The van der Waals surface area contributed by atoms with E-state index in [9.17, 15) is 36.2 Å². The highest BCUT2D eigenvalue weighted by atomic mass is 19.4. The zero-order valence-electron chi connectivity index (χ0n) is 24.9. The lowest BCUT2D eigenvalue weighted by Gasteiger charge is -2.32. The van der Waals surface area contributed by atoms with E-state index in [0.717, 1.165) is 48.8 Å². The molecule has 0 aliphatic heterocycles. The van der Waals surface area contributed by atoms with Gasteiger partial charge in [0.15, 0.2) is 0 Å². The molecule has 1 amide bonds. The highest BCUT2D eigenvalue weighted by Gasteiger charge is 2.70. The van der Waals surface area contributed by atoms with Crippen LogP contribution in [0.1, 0.15) is 101 Å². The second-order valence-corrected chi connectivity index (χ2v) is 13.5. The van der Waals surface area contributed by atoms with E-state index in [1.165, 1.54) is 0 Å². The molecule has 0 radical (unpaired) electrons. The first kappa shape index (κ1) is 33.0. The summed E-state index contributed by atoms with van der Waals surface area (Å²) in [4.78, 5) is 13.1. The zero-order chi connectivity index (χ0) is 31.2. The number of nitrogens with one attached hydrogen (secondary N) is 1. The van der Waals surface area contributed by atoms with Crippen LogP contribution in [0.25, 0.3) is 11.3 Å². The first-order chi connectivity index (χ1) is 18.6. The maximum atomic E-state index is 13.2. The van der Waals surface area contributed by atoms with Crippen LogP contribution in [0.4, 0.5) is 26.3 Å². The van der Waals surface area contributed by atoms with Gasteiger partial charge in [-0.2, -0.15) is 26.3 Å². The van der Waals surface area contributed by atoms with Gasteiger partial charge in [0, 0.05) is 17.9 Å². The minimum absolute atomic E-state index is 0.0269. The summed E-state index contributed by atoms with van der Waals surface area (Å²) in [5.74, 6) is -0.779. The summed E-state index contributed by atoms with van der Waals surface area (Å²) < 4.78 is 81.3. The average Bonchev–Trinajstić information content (AvgIpc) is 3.16. The molecule has 1 aromatic heterocycles. The van der Waals surface area contributed by atoms with Crippen molar-refractivity contribution in [3.63, 3.8) is 0 Å². The van der Waals surface area contributed by atoms with E-state index in [4.69, 9.17) is 0 Å². The van der Waals surface area contributed by atoms with Crippen LogP contribution >= 0.6 is 0 Å². The van der Waals surface area contributed by atoms with Gasteiger partial charge in [-0.3, -0.25) is 4.79 Å². The van der Waals surface area contributed by atoms with Crippen molar-refractivity contribution in [2.24, 2.45) is 5.92 Å². The number of carbonyl (C=O) groups excluding carboxylic acids is 1. The fraction of sp³-hybridized carbons (Fsp3) is 0.645. The van der Waals surface area contributed by atoms with Crippen molar-refractivity contribution in [3.8, 4) is 11.3 Å². The molecule has 230 valence electrons. The Hall–Kier alpha value is -2.49. The Balaban J connectivity index is 2.13. The molecule has 0 bridgehead atoms. The minimum Gasteiger partial charge on any atom is -0.372 e. The van der Waals surface area contributed by atoms with Gasteiger partial charge in [-0.05, 0) is 71.4 Å². The fourth-order valence-corrected chi connectivity index (χ4v) is 5.28. The first-order valence-electron chi connectivity index (χ1n) is 14.1. The molecule has 2 N–H and O–H groups in total. The topological polar surface area (TPSA) is 54.3 Å². The Morgan fingerprint density at radius 2 is 1.34 bits per heavy atom. The molecular formula is C31H42F6N2O2. The SMILES string of the molecule is Cc1c(C(=O)NCC(O)(C(F)(F)F)C(F)(F)F)cc(-c2cc(C(C)(C)C)cc(C(C)(C)C)c2)n1CC1CCCCC1. The highest BCUT2D eigenvalue weighted by Crippen LogP contribution is 2.43. The minimum atomic E-state index is -6.03. The largest absolute Gasteiger partial charge is 0.428 e. The van der Waals surface area contributed by atoms with Crippen LogP contribution in [0, 0.1) is 12.8 Å². The third-order valence-electron chi connectivity index (χ3n) is 8.18. The molecule has 3 rings (SSSR count). The number of halogens is 6. The van der Waals surface area contributed by atoms with Crippen LogP contribution in [0.5, 0.6) is 0 Å². The van der Waals surface area contributed by atoms with Crippen molar-refractivity contribution in [1.82, 2.24) is 9.88 Å². The summed E-state index contributed by atoms with van der Waals surface area (Å²) >= 11 is 0. The van der Waals surface area contributed by atoms with Gasteiger partial charge < -0.3 is 15.0 Å². The predicted molar refractivity (Wildman–Crippen MR) is 148 cm³/mol. The third kappa shape index (κ3) is 7.12. The Morgan fingerprint density at radius 3 is 1.78 bits per heavy atom. The van der Waals surface area contributed by atoms with E-state index >= 15 is 0 Å². The maximum Gasteiger partial charge on any atom is 0.428 e. The number of aromatic nitrogens is 1. The van der Waals surface area contributed by atoms with Crippen LogP contribution in [-0.4, -0.2) is 40.1 Å². The molecule has 0 saturated heterocycles. The molecule has 0 unspecified atom stereocenters. The van der Waals surface area contributed by atoms with Crippen molar-refractivity contribution in [1.29, 1.82) is 0 Å². The van der Waals surface area contributed by atoms with Crippen molar-refractivity contribution in [2.45, 2.75) is 116 Å². The van der Waals surface area contributed by atoms with E-state index in [-0.39, 0.29) is 16.4 Å². The lowest BCUT2D eigenvalue weighted by atomic mass is 9.79. The lowest BCUT2D eigenvalue weighted by Crippen LogP contribution is -2.62. The van der Waals surface area contributed by atoms with Crippen LogP contribution < -0.4 is 5.32 Å². The summed E-state index contributed by atoms with van der Waals surface area (Å²) in [5.41, 5.74) is -1.43. The molecule has 1 fully saturated rings. The maximum absolute atomic E-state index is 13.2. The van der Waals surface area contributed by atoms with Gasteiger partial charge in [-0.1, -0.05) is 66.9 Å². The van der Waals surface area contributed by atoms with Gasteiger partial charge in [0.05, 0.1) is 12.1 Å². The fourth-order valence-electron chi connectivity index (χ4n) is 5.28. The van der Waals surface area contributed by atoms with E-state index in [0.29, 0.717) is 23.9 Å². The van der Waals surface area contributed by atoms with Crippen LogP contribution in [0.15, 0.2) is 24.3 Å². The standard InChI is InChI=1S/C31H42F6N2O2/c1-19-24(26(40)38-18-29(41,30(32,33)34)31(35,36)37)16-25(39(19)17-20-11-9-8-10-12-20)21-13-22(27(2,3)4)15-23(14-21)28(5,6)7/h13-16,20,41H,8-12,17-18H2,1-7H3,(H,38,40). The van der Waals surface area contributed by atoms with Gasteiger partial charge in [0.2, 0.25) is 0 Å². The number of amides is 1. The third-order valence-corrected chi connectivity index (χ3v) is 8.18. The number of hydrogen-bond donors (Lipinski definition) is 2. The van der Waals surface area contributed by atoms with E-state index in [1.807, 2.05) is 16.7 Å². The molecule has 1 saturated carbocycles. The molecule has 1 heterocycles. The summed E-state index contributed by atoms with van der Waals surface area (Å²) in [6.07, 6.45) is -6.75. The number of rotatable bonds is 6. The number of nitrogens with zero attached hydrogens (tertiary/aromatic N) is 1. The summed E-state index contributed by atoms with van der Waals surface area (Å²) in [5, 5.41) is 11.3. The Bertz CT molecular complexity index is 1190. The van der Waals surface area contributed by atoms with Crippen LogP contribution in [-0.2, 0) is 17.4 Å². The molecular weight excluding hydrogens is 546 g/mol. The Morgan fingerprint density at radius 1 is 0.854 bits per heavy atom. The van der Waals surface area contributed by atoms with Crippen LogP contribution in [0.2, 0.25) is 0 Å². The number of carbonyl (C=O) groups is 1. The van der Waals surface area contributed by atoms with Crippen molar-refractivity contribution in [2.75, 3.05) is 6.54 Å². The molecule has 1 aliphatic carbocycles. The lowest BCUT2D eigenvalue weighted by molar-refractivity contribution is -0.364. The molecule has 0 atom stereocenters. The van der Waals surface area contributed by atoms with E-state index in [1.54, 1.807) is 18.3 Å². The monoisotopic (exact) mass is 588 g/mol. The highest BCUT2D eigenvalue weighted by molar-refractivity contribution is 5.97. The van der Waals surface area contributed by atoms with Crippen molar-refractivity contribution < 1.29 is 36.2 Å². The number of aliphatic hydroxyl groups is 1. The molecule has 10 heteroatoms. The smallest absolute Gasteiger partial charge is 0.372 e. The number of hydrogen-bond acceptors (Lipinski definition) is 2. The number of alkyl halides is 6. The summed E-state index contributed by atoms with van der Waals surface area (Å²) in [6, 6.07) is 7.76.